The molecule has 0 spiro atoms. The van der Waals surface area contributed by atoms with Crippen molar-refractivity contribution in [2.75, 3.05) is 32.6 Å². The average molecular weight is 341 g/mol. The highest BCUT2D eigenvalue weighted by atomic mass is 16.5. The van der Waals surface area contributed by atoms with Crippen molar-refractivity contribution in [2.24, 2.45) is 0 Å². The lowest BCUT2D eigenvalue weighted by Crippen LogP contribution is -2.27. The zero-order chi connectivity index (χ0) is 18.1. The molecule has 1 amide bonds. The number of nitrogens with zero attached hydrogens (tertiary/aromatic N) is 2. The molecule has 0 saturated heterocycles. The van der Waals surface area contributed by atoms with E-state index in [-0.39, 0.29) is 5.91 Å². The molecule has 1 N–H and O–H groups in total. The number of methoxy groups -OCH3 is 1. The second-order valence-corrected chi connectivity index (χ2v) is 6.03. The quantitative estimate of drug-likeness (QED) is 0.757. The average Bonchev–Trinajstić information content (AvgIpc) is 2.66. The molecule has 1 aromatic heterocycles. The molecule has 0 aliphatic carbocycles. The van der Waals surface area contributed by atoms with Crippen LogP contribution in [0.15, 0.2) is 42.7 Å². The van der Waals surface area contributed by atoms with Gasteiger partial charge in [0.1, 0.15) is 5.75 Å². The zero-order valence-electron chi connectivity index (χ0n) is 15.3. The largest absolute Gasteiger partial charge is 0.496 e. The standard InChI is InChI=1S/C20H27N3O2/c1-4-5-12-23(2)20(24)17-13-18(15-21-14-17)22-11-10-16-8-6-7-9-19(16)25-3/h6-9,13-15,22H,4-5,10-12H2,1-3H3. The molecule has 1 heterocycles. The molecule has 2 rings (SSSR count). The Labute approximate surface area is 150 Å². The van der Waals surface area contributed by atoms with E-state index in [0.29, 0.717) is 5.56 Å². The number of carbonyl (C=O) groups is 1. The van der Waals surface area contributed by atoms with Crippen LogP contribution in [0.1, 0.15) is 35.7 Å². The Morgan fingerprint density at radius 3 is 2.84 bits per heavy atom. The zero-order valence-corrected chi connectivity index (χ0v) is 15.3. The first-order valence-electron chi connectivity index (χ1n) is 8.72. The Bertz CT molecular complexity index is 688. The fraction of sp³-hybridized carbons (Fsp3) is 0.400. The molecule has 5 nitrogen and oxygen atoms in total. The Balaban J connectivity index is 1.94. The first-order valence-corrected chi connectivity index (χ1v) is 8.72. The number of unbranched alkanes of at least 4 members (excludes halogenated alkanes) is 1. The van der Waals surface area contributed by atoms with Crippen LogP contribution in [-0.2, 0) is 6.42 Å². The highest BCUT2D eigenvalue weighted by Gasteiger charge is 2.12. The molecule has 0 fully saturated rings. The van der Waals surface area contributed by atoms with Crippen LogP contribution in [0.5, 0.6) is 5.75 Å². The van der Waals surface area contributed by atoms with Gasteiger partial charge in [-0.25, -0.2) is 0 Å². The van der Waals surface area contributed by atoms with E-state index in [9.17, 15) is 4.79 Å². The van der Waals surface area contributed by atoms with Crippen molar-refractivity contribution in [3.8, 4) is 5.75 Å². The van der Waals surface area contributed by atoms with Crippen LogP contribution in [0.2, 0.25) is 0 Å². The summed E-state index contributed by atoms with van der Waals surface area (Å²) < 4.78 is 5.37. The van der Waals surface area contributed by atoms with E-state index in [1.807, 2.05) is 31.3 Å². The highest BCUT2D eigenvalue weighted by molar-refractivity contribution is 5.94. The summed E-state index contributed by atoms with van der Waals surface area (Å²) in [6.07, 6.45) is 6.27. The number of para-hydroxylation sites is 1. The van der Waals surface area contributed by atoms with Gasteiger partial charge in [-0.05, 0) is 30.5 Å². The SMILES string of the molecule is CCCCN(C)C(=O)c1cncc(NCCc2ccccc2OC)c1. The van der Waals surface area contributed by atoms with Crippen molar-refractivity contribution in [3.05, 3.63) is 53.9 Å². The smallest absolute Gasteiger partial charge is 0.255 e. The molecule has 0 aliphatic heterocycles. The molecule has 0 aliphatic rings. The van der Waals surface area contributed by atoms with Crippen LogP contribution in [0.3, 0.4) is 0 Å². The third-order valence-electron chi connectivity index (χ3n) is 4.09. The molecular formula is C20H27N3O2. The van der Waals surface area contributed by atoms with Gasteiger partial charge in [-0.1, -0.05) is 31.5 Å². The van der Waals surface area contributed by atoms with Gasteiger partial charge >= 0.3 is 0 Å². The van der Waals surface area contributed by atoms with Crippen molar-refractivity contribution in [1.82, 2.24) is 9.88 Å². The molecule has 0 atom stereocenters. The Kier molecular flexibility index (Phi) is 7.26. The fourth-order valence-electron chi connectivity index (χ4n) is 2.62. The van der Waals surface area contributed by atoms with Gasteiger partial charge in [-0.15, -0.1) is 0 Å². The number of carbonyl (C=O) groups excluding carboxylic acids is 1. The number of anilines is 1. The van der Waals surface area contributed by atoms with Crippen molar-refractivity contribution in [2.45, 2.75) is 26.2 Å². The summed E-state index contributed by atoms with van der Waals surface area (Å²) >= 11 is 0. The minimum atomic E-state index is 0.00864. The lowest BCUT2D eigenvalue weighted by atomic mass is 10.1. The predicted molar refractivity (Wildman–Crippen MR) is 101 cm³/mol. The van der Waals surface area contributed by atoms with Gasteiger partial charge in [0.15, 0.2) is 0 Å². The van der Waals surface area contributed by atoms with Crippen molar-refractivity contribution in [3.63, 3.8) is 0 Å². The van der Waals surface area contributed by atoms with Crippen LogP contribution in [0.25, 0.3) is 0 Å². The van der Waals surface area contributed by atoms with Crippen molar-refractivity contribution >= 4 is 11.6 Å². The first kappa shape index (κ1) is 18.8. The summed E-state index contributed by atoms with van der Waals surface area (Å²) in [4.78, 5) is 18.4. The number of amides is 1. The van der Waals surface area contributed by atoms with Crippen LogP contribution in [0, 0.1) is 0 Å². The molecular weight excluding hydrogens is 314 g/mol. The summed E-state index contributed by atoms with van der Waals surface area (Å²) in [7, 11) is 3.51. The van der Waals surface area contributed by atoms with Gasteiger partial charge in [-0.3, -0.25) is 9.78 Å². The topological polar surface area (TPSA) is 54.5 Å². The summed E-state index contributed by atoms with van der Waals surface area (Å²) in [6.45, 7) is 3.62. The Hall–Kier alpha value is -2.56. The summed E-state index contributed by atoms with van der Waals surface area (Å²) in [6, 6.07) is 9.85. The van der Waals surface area contributed by atoms with Crippen LogP contribution in [-0.4, -0.2) is 43.0 Å². The molecule has 2 aromatic rings. The molecule has 0 radical (unpaired) electrons. The van der Waals surface area contributed by atoms with Crippen LogP contribution >= 0.6 is 0 Å². The molecule has 0 bridgehead atoms. The number of pyridine rings is 1. The first-order chi connectivity index (χ1) is 12.2. The number of hydrogen-bond donors (Lipinski definition) is 1. The third-order valence-corrected chi connectivity index (χ3v) is 4.09. The number of nitrogens with one attached hydrogen (secondary N) is 1. The number of benzene rings is 1. The Morgan fingerprint density at radius 2 is 2.08 bits per heavy atom. The molecule has 0 saturated carbocycles. The van der Waals surface area contributed by atoms with Gasteiger partial charge in [-0.2, -0.15) is 0 Å². The van der Waals surface area contributed by atoms with Gasteiger partial charge in [0.2, 0.25) is 0 Å². The molecule has 5 heteroatoms. The van der Waals surface area contributed by atoms with Crippen LogP contribution in [0.4, 0.5) is 5.69 Å². The molecule has 1 aromatic carbocycles. The second-order valence-electron chi connectivity index (χ2n) is 6.03. The van der Waals surface area contributed by atoms with Gasteiger partial charge < -0.3 is 15.0 Å². The van der Waals surface area contributed by atoms with Gasteiger partial charge in [0.05, 0.1) is 18.4 Å². The lowest BCUT2D eigenvalue weighted by molar-refractivity contribution is 0.0793. The summed E-state index contributed by atoms with van der Waals surface area (Å²) in [5.41, 5.74) is 2.61. The number of rotatable bonds is 9. The maximum Gasteiger partial charge on any atom is 0.255 e. The van der Waals surface area contributed by atoms with E-state index in [1.54, 1.807) is 24.4 Å². The van der Waals surface area contributed by atoms with Gasteiger partial charge in [0, 0.05) is 32.5 Å². The lowest BCUT2D eigenvalue weighted by Gasteiger charge is -2.17. The normalized spacial score (nSPS) is 10.4. The fourth-order valence-corrected chi connectivity index (χ4v) is 2.62. The van der Waals surface area contributed by atoms with E-state index < -0.39 is 0 Å². The summed E-state index contributed by atoms with van der Waals surface area (Å²) in [5, 5.41) is 3.33. The van der Waals surface area contributed by atoms with Gasteiger partial charge in [0.25, 0.3) is 5.91 Å². The third kappa shape index (κ3) is 5.48. The van der Waals surface area contributed by atoms with Crippen LogP contribution < -0.4 is 10.1 Å². The van der Waals surface area contributed by atoms with Crippen molar-refractivity contribution in [1.29, 1.82) is 0 Å². The number of aromatic nitrogens is 1. The number of hydrogen-bond acceptors (Lipinski definition) is 4. The summed E-state index contributed by atoms with van der Waals surface area (Å²) in [5.74, 6) is 0.901. The maximum atomic E-state index is 12.4. The maximum absolute atomic E-state index is 12.4. The predicted octanol–water partition coefficient (Wildman–Crippen LogP) is 3.62. The Morgan fingerprint density at radius 1 is 1.28 bits per heavy atom. The molecule has 25 heavy (non-hydrogen) atoms. The van der Waals surface area contributed by atoms with Crippen molar-refractivity contribution < 1.29 is 9.53 Å². The van der Waals surface area contributed by atoms with E-state index >= 15 is 0 Å². The van der Waals surface area contributed by atoms with E-state index in [4.69, 9.17) is 4.74 Å². The minimum absolute atomic E-state index is 0.00864. The van der Waals surface area contributed by atoms with E-state index in [0.717, 1.165) is 49.4 Å². The van der Waals surface area contributed by atoms with E-state index in [2.05, 4.69) is 23.3 Å². The second kappa shape index (κ2) is 9.67. The minimum Gasteiger partial charge on any atom is -0.496 e. The molecule has 134 valence electrons. The highest BCUT2D eigenvalue weighted by Crippen LogP contribution is 2.18. The number of ether oxygens (including phenoxy) is 1. The molecule has 0 unspecified atom stereocenters. The van der Waals surface area contributed by atoms with E-state index in [1.165, 1.54) is 0 Å². The monoisotopic (exact) mass is 341 g/mol.